The fraction of sp³-hybridized carbons (Fsp3) is 0.684. The molecule has 1 amide bonds. The number of carbonyl (C=O) groups is 1. The molecule has 0 bridgehead atoms. The highest BCUT2D eigenvalue weighted by atomic mass is 16.2. The molecule has 26 heavy (non-hydrogen) atoms. The molecule has 1 saturated heterocycles. The van der Waals surface area contributed by atoms with Gasteiger partial charge in [-0.25, -0.2) is 0 Å². The predicted octanol–water partition coefficient (Wildman–Crippen LogP) is 2.52. The fourth-order valence-corrected chi connectivity index (χ4v) is 4.11. The van der Waals surface area contributed by atoms with Crippen molar-refractivity contribution >= 4 is 17.4 Å². The van der Waals surface area contributed by atoms with Crippen molar-refractivity contribution in [3.63, 3.8) is 0 Å². The van der Waals surface area contributed by atoms with Crippen molar-refractivity contribution in [2.75, 3.05) is 18.0 Å². The number of anilines is 1. The monoisotopic (exact) mass is 356 g/mol. The highest BCUT2D eigenvalue weighted by Crippen LogP contribution is 2.24. The molecule has 1 saturated carbocycles. The van der Waals surface area contributed by atoms with Crippen LogP contribution in [-0.2, 0) is 4.79 Å². The zero-order valence-electron chi connectivity index (χ0n) is 15.7. The second-order valence-electron chi connectivity index (χ2n) is 7.95. The van der Waals surface area contributed by atoms with E-state index in [-0.39, 0.29) is 17.7 Å². The Kier molecular flexibility index (Phi) is 4.78. The first kappa shape index (κ1) is 17.2. The third-order valence-corrected chi connectivity index (χ3v) is 5.61. The smallest absolute Gasteiger partial charge is 0.225 e. The van der Waals surface area contributed by atoms with Gasteiger partial charge in [0.1, 0.15) is 5.82 Å². The number of rotatable bonds is 4. The average molecular weight is 356 g/mol. The summed E-state index contributed by atoms with van der Waals surface area (Å²) >= 11 is 0. The number of amides is 1. The summed E-state index contributed by atoms with van der Waals surface area (Å²) < 4.78 is 1.84. The first-order valence-corrected chi connectivity index (χ1v) is 9.89. The molecule has 0 unspecified atom stereocenters. The van der Waals surface area contributed by atoms with E-state index in [1.807, 2.05) is 16.6 Å². The van der Waals surface area contributed by atoms with Gasteiger partial charge >= 0.3 is 0 Å². The molecule has 1 atom stereocenters. The van der Waals surface area contributed by atoms with E-state index >= 15 is 0 Å². The highest BCUT2D eigenvalue weighted by molar-refractivity contribution is 5.79. The lowest BCUT2D eigenvalue weighted by molar-refractivity contribution is -0.125. The molecule has 2 aromatic rings. The number of piperidine rings is 1. The van der Waals surface area contributed by atoms with Crippen molar-refractivity contribution in [1.82, 2.24) is 25.1 Å². The van der Waals surface area contributed by atoms with Crippen molar-refractivity contribution < 1.29 is 4.79 Å². The van der Waals surface area contributed by atoms with E-state index in [2.05, 4.69) is 34.3 Å². The van der Waals surface area contributed by atoms with Gasteiger partial charge in [0.25, 0.3) is 0 Å². The molecule has 0 radical (unpaired) electrons. The molecule has 0 spiro atoms. The quantitative estimate of drug-likeness (QED) is 0.911. The normalized spacial score (nSPS) is 21.7. The Hall–Kier alpha value is -2.18. The van der Waals surface area contributed by atoms with Gasteiger partial charge in [-0.15, -0.1) is 15.3 Å². The van der Waals surface area contributed by atoms with Crippen LogP contribution in [0.4, 0.5) is 5.82 Å². The van der Waals surface area contributed by atoms with E-state index in [4.69, 9.17) is 5.10 Å². The predicted molar refractivity (Wildman–Crippen MR) is 100 cm³/mol. The number of hydrogen-bond donors (Lipinski definition) is 1. The molecule has 1 aliphatic heterocycles. The SMILES string of the molecule is CC(C)c1nnc2ccc(N3CCC[C@H](C(=O)NC4CCCC4)C3)nn12. The van der Waals surface area contributed by atoms with Gasteiger partial charge in [-0.05, 0) is 37.8 Å². The maximum Gasteiger partial charge on any atom is 0.225 e. The largest absolute Gasteiger partial charge is 0.354 e. The van der Waals surface area contributed by atoms with Gasteiger partial charge in [-0.1, -0.05) is 26.7 Å². The van der Waals surface area contributed by atoms with Gasteiger partial charge in [-0.3, -0.25) is 4.79 Å². The second kappa shape index (κ2) is 7.21. The van der Waals surface area contributed by atoms with E-state index in [0.29, 0.717) is 6.04 Å². The zero-order chi connectivity index (χ0) is 18.1. The van der Waals surface area contributed by atoms with Crippen molar-refractivity contribution in [1.29, 1.82) is 0 Å². The Labute approximate surface area is 154 Å². The van der Waals surface area contributed by atoms with E-state index in [0.717, 1.165) is 56.1 Å². The summed E-state index contributed by atoms with van der Waals surface area (Å²) in [5.74, 6) is 2.30. The van der Waals surface area contributed by atoms with Gasteiger partial charge < -0.3 is 10.2 Å². The van der Waals surface area contributed by atoms with E-state index < -0.39 is 0 Å². The van der Waals surface area contributed by atoms with Gasteiger partial charge in [0.15, 0.2) is 11.5 Å². The van der Waals surface area contributed by atoms with E-state index in [9.17, 15) is 4.79 Å². The van der Waals surface area contributed by atoms with Gasteiger partial charge in [0.05, 0.1) is 5.92 Å². The minimum atomic E-state index is 0.0485. The Morgan fingerprint density at radius 3 is 2.73 bits per heavy atom. The summed E-state index contributed by atoms with van der Waals surface area (Å²) in [6.45, 7) is 5.85. The van der Waals surface area contributed by atoms with Gasteiger partial charge in [0, 0.05) is 25.0 Å². The molecule has 2 fully saturated rings. The number of aromatic nitrogens is 4. The molecular weight excluding hydrogens is 328 g/mol. The Morgan fingerprint density at radius 2 is 1.96 bits per heavy atom. The van der Waals surface area contributed by atoms with Crippen LogP contribution in [0.25, 0.3) is 5.65 Å². The van der Waals surface area contributed by atoms with Crippen LogP contribution in [-0.4, -0.2) is 44.8 Å². The first-order chi connectivity index (χ1) is 12.6. The summed E-state index contributed by atoms with van der Waals surface area (Å²) in [6, 6.07) is 4.34. The standard InChI is InChI=1S/C19H28N6O/c1-13(2)18-22-21-16-9-10-17(23-25(16)18)24-11-5-6-14(12-24)19(26)20-15-7-3-4-8-15/h9-10,13-15H,3-8,11-12H2,1-2H3,(H,20,26)/t14-/m0/s1. The molecular formula is C19H28N6O. The molecule has 1 aliphatic carbocycles. The maximum absolute atomic E-state index is 12.7. The van der Waals surface area contributed by atoms with Crippen LogP contribution in [0.3, 0.4) is 0 Å². The van der Waals surface area contributed by atoms with Crippen LogP contribution >= 0.6 is 0 Å². The van der Waals surface area contributed by atoms with Crippen molar-refractivity contribution in [3.05, 3.63) is 18.0 Å². The van der Waals surface area contributed by atoms with E-state index in [1.54, 1.807) is 0 Å². The molecule has 0 aromatic carbocycles. The Balaban J connectivity index is 1.49. The summed E-state index contributed by atoms with van der Waals surface area (Å²) in [5, 5.41) is 16.5. The summed E-state index contributed by atoms with van der Waals surface area (Å²) in [6.07, 6.45) is 6.71. The highest BCUT2D eigenvalue weighted by Gasteiger charge is 2.29. The van der Waals surface area contributed by atoms with Crippen molar-refractivity contribution in [2.45, 2.75) is 64.3 Å². The topological polar surface area (TPSA) is 75.4 Å². The number of fused-ring (bicyclic) bond motifs is 1. The van der Waals surface area contributed by atoms with Crippen LogP contribution < -0.4 is 10.2 Å². The van der Waals surface area contributed by atoms with Crippen LogP contribution in [0, 0.1) is 5.92 Å². The summed E-state index contributed by atoms with van der Waals surface area (Å²) in [4.78, 5) is 14.9. The van der Waals surface area contributed by atoms with Crippen LogP contribution in [0.15, 0.2) is 12.1 Å². The summed E-state index contributed by atoms with van der Waals surface area (Å²) in [5.41, 5.74) is 0.769. The third-order valence-electron chi connectivity index (χ3n) is 5.61. The second-order valence-corrected chi connectivity index (χ2v) is 7.95. The number of carbonyl (C=O) groups excluding carboxylic acids is 1. The number of nitrogens with one attached hydrogen (secondary N) is 1. The van der Waals surface area contributed by atoms with Crippen LogP contribution in [0.5, 0.6) is 0 Å². The first-order valence-electron chi connectivity index (χ1n) is 9.89. The molecule has 140 valence electrons. The van der Waals surface area contributed by atoms with E-state index in [1.165, 1.54) is 12.8 Å². The zero-order valence-corrected chi connectivity index (χ0v) is 15.7. The third kappa shape index (κ3) is 3.39. The summed E-state index contributed by atoms with van der Waals surface area (Å²) in [7, 11) is 0. The minimum absolute atomic E-state index is 0.0485. The lowest BCUT2D eigenvalue weighted by Gasteiger charge is -2.33. The number of nitrogens with zero attached hydrogens (tertiary/aromatic N) is 5. The molecule has 1 N–H and O–H groups in total. The molecule has 7 heteroatoms. The maximum atomic E-state index is 12.7. The molecule has 4 rings (SSSR count). The van der Waals surface area contributed by atoms with Crippen molar-refractivity contribution in [3.8, 4) is 0 Å². The van der Waals surface area contributed by atoms with Crippen LogP contribution in [0.1, 0.15) is 64.1 Å². The molecule has 7 nitrogen and oxygen atoms in total. The van der Waals surface area contributed by atoms with Gasteiger partial charge in [-0.2, -0.15) is 4.52 Å². The average Bonchev–Trinajstić information content (AvgIpc) is 3.30. The number of hydrogen-bond acceptors (Lipinski definition) is 5. The minimum Gasteiger partial charge on any atom is -0.354 e. The molecule has 2 aliphatic rings. The van der Waals surface area contributed by atoms with Crippen LogP contribution in [0.2, 0.25) is 0 Å². The Bertz CT molecular complexity index is 779. The lowest BCUT2D eigenvalue weighted by atomic mass is 9.96. The molecule has 2 aromatic heterocycles. The fourth-order valence-electron chi connectivity index (χ4n) is 4.11. The molecule has 3 heterocycles. The van der Waals surface area contributed by atoms with Crippen molar-refractivity contribution in [2.24, 2.45) is 5.92 Å². The Morgan fingerprint density at radius 1 is 1.15 bits per heavy atom. The van der Waals surface area contributed by atoms with Gasteiger partial charge in [0.2, 0.25) is 5.91 Å². The lowest BCUT2D eigenvalue weighted by Crippen LogP contribution is -2.45.